The van der Waals surface area contributed by atoms with Gasteiger partial charge in [0.2, 0.25) is 10.0 Å². The highest BCUT2D eigenvalue weighted by Gasteiger charge is 2.15. The van der Waals surface area contributed by atoms with Crippen molar-refractivity contribution in [3.05, 3.63) is 50.9 Å². The lowest BCUT2D eigenvalue weighted by Crippen LogP contribution is -2.32. The molecule has 1 heterocycles. The third-order valence-electron chi connectivity index (χ3n) is 3.59. The summed E-state index contributed by atoms with van der Waals surface area (Å²) in [5, 5.41) is 3.81. The Morgan fingerprint density at radius 3 is 2.48 bits per heavy atom. The van der Waals surface area contributed by atoms with Gasteiger partial charge in [0.15, 0.2) is 0 Å². The molecule has 0 radical (unpaired) electrons. The van der Waals surface area contributed by atoms with Crippen LogP contribution in [-0.4, -0.2) is 49.8 Å². The first-order chi connectivity index (χ1) is 11.8. The molecule has 2 rings (SSSR count). The summed E-state index contributed by atoms with van der Waals surface area (Å²) in [4.78, 5) is 14.1. The lowest BCUT2D eigenvalue weighted by atomic mass is 10.3. The van der Waals surface area contributed by atoms with Gasteiger partial charge in [0.25, 0.3) is 5.56 Å². The monoisotopic (exact) mass is 404 g/mol. The van der Waals surface area contributed by atoms with Gasteiger partial charge in [0.05, 0.1) is 21.8 Å². The fourth-order valence-electron chi connectivity index (χ4n) is 1.98. The van der Waals surface area contributed by atoms with E-state index in [4.69, 9.17) is 23.2 Å². The smallest absolute Gasteiger partial charge is 0.291 e. The molecule has 1 aromatic heterocycles. The average Bonchev–Trinajstić information content (AvgIpc) is 2.59. The van der Waals surface area contributed by atoms with Gasteiger partial charge in [-0.05, 0) is 37.9 Å². The minimum absolute atomic E-state index is 0.0587. The van der Waals surface area contributed by atoms with Gasteiger partial charge in [0, 0.05) is 13.1 Å². The largest absolute Gasteiger partial charge is 0.305 e. The van der Waals surface area contributed by atoms with Gasteiger partial charge in [-0.2, -0.15) is 9.78 Å². The van der Waals surface area contributed by atoms with E-state index in [1.807, 2.05) is 18.9 Å². The number of rotatable bonds is 7. The molecule has 0 aliphatic heterocycles. The van der Waals surface area contributed by atoms with Crippen molar-refractivity contribution in [1.82, 2.24) is 19.4 Å². The van der Waals surface area contributed by atoms with E-state index >= 15 is 0 Å². The second-order valence-electron chi connectivity index (χ2n) is 5.31. The van der Waals surface area contributed by atoms with E-state index < -0.39 is 15.6 Å². The lowest BCUT2D eigenvalue weighted by molar-refractivity contribution is 0.358. The van der Waals surface area contributed by atoms with E-state index in [2.05, 4.69) is 9.82 Å². The number of nitrogens with one attached hydrogen (secondary N) is 1. The molecule has 0 fully saturated rings. The number of nitrogens with zero attached hydrogens (tertiary/aromatic N) is 3. The van der Waals surface area contributed by atoms with Crippen molar-refractivity contribution < 1.29 is 8.42 Å². The minimum atomic E-state index is -3.62. The molecule has 0 bridgehead atoms. The molecule has 1 N–H and O–H groups in total. The standard InChI is InChI=1S/C15H18Cl2N4O3S/c1-3-20(2)9-8-19-25(23,24)12-6-4-11(5-7-12)21-15(22)14(17)13(16)10-18-21/h4-7,10,19H,3,8-9H2,1-2H3. The van der Waals surface area contributed by atoms with Gasteiger partial charge < -0.3 is 4.90 Å². The number of hydrogen-bond donors (Lipinski definition) is 1. The Morgan fingerprint density at radius 2 is 1.88 bits per heavy atom. The van der Waals surface area contributed by atoms with Crippen molar-refractivity contribution in [2.45, 2.75) is 11.8 Å². The normalized spacial score (nSPS) is 11.9. The van der Waals surface area contributed by atoms with Crippen LogP contribution < -0.4 is 10.3 Å². The lowest BCUT2D eigenvalue weighted by Gasteiger charge is -2.14. The van der Waals surface area contributed by atoms with E-state index in [-0.39, 0.29) is 14.9 Å². The van der Waals surface area contributed by atoms with Crippen molar-refractivity contribution in [2.24, 2.45) is 0 Å². The summed E-state index contributed by atoms with van der Waals surface area (Å²) in [5.41, 5.74) is -0.196. The Balaban J connectivity index is 2.20. The predicted molar refractivity (Wildman–Crippen MR) is 98.2 cm³/mol. The Bertz CT molecular complexity index is 898. The van der Waals surface area contributed by atoms with Crippen LogP contribution in [0.15, 0.2) is 40.2 Å². The minimum Gasteiger partial charge on any atom is -0.305 e. The van der Waals surface area contributed by atoms with Crippen LogP contribution in [-0.2, 0) is 10.0 Å². The maximum Gasteiger partial charge on any atom is 0.291 e. The predicted octanol–water partition coefficient (Wildman–Crippen LogP) is 1.77. The van der Waals surface area contributed by atoms with Crippen molar-refractivity contribution in [1.29, 1.82) is 0 Å². The van der Waals surface area contributed by atoms with Gasteiger partial charge in [-0.3, -0.25) is 4.79 Å². The van der Waals surface area contributed by atoms with Crippen LogP contribution in [0.4, 0.5) is 0 Å². The maximum atomic E-state index is 12.3. The van der Waals surface area contributed by atoms with E-state index in [0.29, 0.717) is 18.8 Å². The zero-order valence-electron chi connectivity index (χ0n) is 13.7. The fourth-order valence-corrected chi connectivity index (χ4v) is 3.25. The molecule has 0 saturated heterocycles. The van der Waals surface area contributed by atoms with Gasteiger partial charge in [0.1, 0.15) is 5.02 Å². The van der Waals surface area contributed by atoms with E-state index in [9.17, 15) is 13.2 Å². The Kier molecular flexibility index (Phi) is 6.59. The molecule has 10 heteroatoms. The summed E-state index contributed by atoms with van der Waals surface area (Å²) in [6.07, 6.45) is 1.25. The third kappa shape index (κ3) is 4.80. The molecule has 0 spiro atoms. The summed E-state index contributed by atoms with van der Waals surface area (Å²) < 4.78 is 28.1. The van der Waals surface area contributed by atoms with Crippen LogP contribution in [0.3, 0.4) is 0 Å². The Morgan fingerprint density at radius 1 is 1.24 bits per heavy atom. The topological polar surface area (TPSA) is 84.3 Å². The fraction of sp³-hybridized carbons (Fsp3) is 0.333. The number of likely N-dealkylation sites (N-methyl/N-ethyl adjacent to an activating group) is 1. The second-order valence-corrected chi connectivity index (χ2v) is 7.86. The SMILES string of the molecule is CCN(C)CCNS(=O)(=O)c1ccc(-n2ncc(Cl)c(Cl)c2=O)cc1. The Hall–Kier alpha value is -1.45. The van der Waals surface area contributed by atoms with Crippen molar-refractivity contribution >= 4 is 33.2 Å². The van der Waals surface area contributed by atoms with E-state index in [0.717, 1.165) is 11.2 Å². The van der Waals surface area contributed by atoms with E-state index in [1.54, 1.807) is 0 Å². The molecular formula is C15H18Cl2N4O3S. The number of aromatic nitrogens is 2. The zero-order valence-corrected chi connectivity index (χ0v) is 16.1. The highest BCUT2D eigenvalue weighted by Crippen LogP contribution is 2.17. The van der Waals surface area contributed by atoms with Gasteiger partial charge >= 0.3 is 0 Å². The summed E-state index contributed by atoms with van der Waals surface area (Å²) in [5.74, 6) is 0. The number of hydrogen-bond acceptors (Lipinski definition) is 5. The molecule has 0 unspecified atom stereocenters. The first kappa shape index (κ1) is 19.9. The highest BCUT2D eigenvalue weighted by molar-refractivity contribution is 7.89. The summed E-state index contributed by atoms with van der Waals surface area (Å²) in [6, 6.07) is 5.76. The molecule has 0 saturated carbocycles. The second kappa shape index (κ2) is 8.29. The molecule has 2 aromatic rings. The molecule has 0 atom stereocenters. The third-order valence-corrected chi connectivity index (χ3v) is 5.82. The molecule has 0 aliphatic carbocycles. The van der Waals surface area contributed by atoms with E-state index in [1.165, 1.54) is 30.5 Å². The van der Waals surface area contributed by atoms with Crippen LogP contribution in [0.2, 0.25) is 10.0 Å². The summed E-state index contributed by atoms with van der Waals surface area (Å²) in [6.45, 7) is 3.74. The van der Waals surface area contributed by atoms with Gasteiger partial charge in [-0.15, -0.1) is 0 Å². The van der Waals surface area contributed by atoms with Crippen molar-refractivity contribution in [3.63, 3.8) is 0 Å². The first-order valence-electron chi connectivity index (χ1n) is 7.48. The number of halogens is 2. The van der Waals surface area contributed by atoms with Gasteiger partial charge in [-0.1, -0.05) is 30.1 Å². The van der Waals surface area contributed by atoms with Gasteiger partial charge in [-0.25, -0.2) is 13.1 Å². The molecule has 136 valence electrons. The maximum absolute atomic E-state index is 12.3. The number of sulfonamides is 1. The van der Waals surface area contributed by atoms with Crippen LogP contribution in [0, 0.1) is 0 Å². The van der Waals surface area contributed by atoms with Crippen molar-refractivity contribution in [2.75, 3.05) is 26.7 Å². The summed E-state index contributed by atoms with van der Waals surface area (Å²) in [7, 11) is -1.71. The molecule has 7 nitrogen and oxygen atoms in total. The van der Waals surface area contributed by atoms with Crippen LogP contribution in [0.1, 0.15) is 6.92 Å². The average molecular weight is 405 g/mol. The van der Waals surface area contributed by atoms with Crippen LogP contribution in [0.25, 0.3) is 5.69 Å². The van der Waals surface area contributed by atoms with Crippen LogP contribution >= 0.6 is 23.2 Å². The number of benzene rings is 1. The molecule has 0 amide bonds. The molecule has 25 heavy (non-hydrogen) atoms. The molecule has 1 aromatic carbocycles. The first-order valence-corrected chi connectivity index (χ1v) is 9.72. The Labute approximate surface area is 156 Å². The molecule has 0 aliphatic rings. The zero-order chi connectivity index (χ0) is 18.6. The summed E-state index contributed by atoms with van der Waals surface area (Å²) >= 11 is 11.6. The quantitative estimate of drug-likeness (QED) is 0.759. The van der Waals surface area contributed by atoms with Crippen molar-refractivity contribution in [3.8, 4) is 5.69 Å². The highest BCUT2D eigenvalue weighted by atomic mass is 35.5. The molecular weight excluding hydrogens is 387 g/mol. The van der Waals surface area contributed by atoms with Crippen LogP contribution in [0.5, 0.6) is 0 Å².